The standard InChI is InChI=1S/C19H34F2N4O/c1-19(5-3-4-6-19)24-18-17(26-18)15-10-25(2)11-16(23-15)22-14-8-12(20)7-13(21)9-14/h12-18,22-24H,3-11H2,1-2H3. The minimum absolute atomic E-state index is 0.0492. The number of hydrogen-bond acceptors (Lipinski definition) is 5. The van der Waals surface area contributed by atoms with Crippen LogP contribution in [0.3, 0.4) is 0 Å². The SMILES string of the molecule is CN1CC(NC2CC(F)CC(F)C2)NC(C2OC2NC2(C)CCCC2)C1. The molecule has 3 N–H and O–H groups in total. The molecular formula is C19H34F2N4O. The second kappa shape index (κ2) is 7.59. The summed E-state index contributed by atoms with van der Waals surface area (Å²) in [5, 5.41) is 10.8. The van der Waals surface area contributed by atoms with Crippen molar-refractivity contribution in [2.24, 2.45) is 0 Å². The third kappa shape index (κ3) is 4.55. The van der Waals surface area contributed by atoms with Crippen molar-refractivity contribution in [2.75, 3.05) is 20.1 Å². The molecule has 2 aliphatic heterocycles. The van der Waals surface area contributed by atoms with Crippen molar-refractivity contribution in [3.63, 3.8) is 0 Å². The van der Waals surface area contributed by atoms with Gasteiger partial charge in [-0.3, -0.25) is 16.0 Å². The second-order valence-electron chi connectivity index (χ2n) is 9.25. The Morgan fingerprint density at radius 1 is 1.08 bits per heavy atom. The van der Waals surface area contributed by atoms with Gasteiger partial charge in [0.25, 0.3) is 0 Å². The number of nitrogens with zero attached hydrogens (tertiary/aromatic N) is 1. The Morgan fingerprint density at radius 3 is 2.46 bits per heavy atom. The molecule has 0 aromatic heterocycles. The van der Waals surface area contributed by atoms with E-state index in [0.717, 1.165) is 13.1 Å². The van der Waals surface area contributed by atoms with Crippen LogP contribution in [0.4, 0.5) is 8.78 Å². The number of likely N-dealkylation sites (N-methyl/N-ethyl adjacent to an activating group) is 1. The fourth-order valence-corrected chi connectivity index (χ4v) is 5.18. The molecule has 150 valence electrons. The van der Waals surface area contributed by atoms with E-state index >= 15 is 0 Å². The van der Waals surface area contributed by atoms with E-state index in [-0.39, 0.29) is 42.5 Å². The van der Waals surface area contributed by atoms with Gasteiger partial charge in [0.05, 0.1) is 12.2 Å². The Kier molecular flexibility index (Phi) is 5.54. The van der Waals surface area contributed by atoms with Crippen LogP contribution in [-0.2, 0) is 4.74 Å². The first-order chi connectivity index (χ1) is 12.4. The van der Waals surface area contributed by atoms with Gasteiger partial charge in [-0.05, 0) is 39.7 Å². The summed E-state index contributed by atoms with van der Waals surface area (Å²) in [6.45, 7) is 4.07. The summed E-state index contributed by atoms with van der Waals surface area (Å²) in [5.74, 6) is 0. The number of nitrogens with one attached hydrogen (secondary N) is 3. The van der Waals surface area contributed by atoms with E-state index in [1.165, 1.54) is 25.7 Å². The molecule has 6 unspecified atom stereocenters. The quantitative estimate of drug-likeness (QED) is 0.641. The fourth-order valence-electron chi connectivity index (χ4n) is 5.18. The number of ether oxygens (including phenoxy) is 1. The monoisotopic (exact) mass is 372 g/mol. The molecule has 26 heavy (non-hydrogen) atoms. The molecule has 0 aromatic carbocycles. The molecule has 2 heterocycles. The lowest BCUT2D eigenvalue weighted by atomic mass is 9.92. The van der Waals surface area contributed by atoms with Crippen molar-refractivity contribution >= 4 is 0 Å². The Labute approximate surface area is 155 Å². The lowest BCUT2D eigenvalue weighted by Crippen LogP contribution is -2.64. The van der Waals surface area contributed by atoms with Crippen molar-refractivity contribution < 1.29 is 13.5 Å². The van der Waals surface area contributed by atoms with Crippen LogP contribution in [-0.4, -0.2) is 73.5 Å². The molecule has 5 nitrogen and oxygen atoms in total. The normalized spacial score (nSPS) is 46.4. The van der Waals surface area contributed by atoms with Crippen LogP contribution in [0.15, 0.2) is 0 Å². The van der Waals surface area contributed by atoms with Gasteiger partial charge in [-0.25, -0.2) is 8.78 Å². The molecule has 0 spiro atoms. The molecule has 4 fully saturated rings. The summed E-state index contributed by atoms with van der Waals surface area (Å²) < 4.78 is 33.3. The number of epoxide rings is 1. The zero-order chi connectivity index (χ0) is 18.3. The first-order valence-corrected chi connectivity index (χ1v) is 10.3. The van der Waals surface area contributed by atoms with Gasteiger partial charge >= 0.3 is 0 Å². The Balaban J connectivity index is 1.28. The Hall–Kier alpha value is -0.340. The minimum atomic E-state index is -1.03. The van der Waals surface area contributed by atoms with E-state index in [9.17, 15) is 8.78 Å². The van der Waals surface area contributed by atoms with Crippen molar-refractivity contribution in [2.45, 2.75) is 100 Å². The van der Waals surface area contributed by atoms with Crippen LogP contribution >= 0.6 is 0 Å². The van der Waals surface area contributed by atoms with E-state index in [2.05, 4.69) is 34.8 Å². The zero-order valence-electron chi connectivity index (χ0n) is 16.0. The van der Waals surface area contributed by atoms with Gasteiger partial charge in [0.2, 0.25) is 0 Å². The van der Waals surface area contributed by atoms with E-state index in [0.29, 0.717) is 12.8 Å². The summed E-state index contributed by atoms with van der Waals surface area (Å²) in [6, 6.07) is 0.143. The number of hydrogen-bond donors (Lipinski definition) is 3. The Morgan fingerprint density at radius 2 is 1.77 bits per heavy atom. The smallest absolute Gasteiger partial charge is 0.137 e. The molecule has 2 aliphatic carbocycles. The highest BCUT2D eigenvalue weighted by Gasteiger charge is 2.50. The van der Waals surface area contributed by atoms with Gasteiger partial charge in [-0.1, -0.05) is 12.8 Å². The predicted molar refractivity (Wildman–Crippen MR) is 97.4 cm³/mol. The van der Waals surface area contributed by atoms with Gasteiger partial charge in [-0.15, -0.1) is 0 Å². The Bertz CT molecular complexity index is 480. The van der Waals surface area contributed by atoms with E-state index in [1.807, 2.05) is 0 Å². The molecule has 0 radical (unpaired) electrons. The average Bonchev–Trinajstić information content (AvgIpc) is 3.16. The first-order valence-electron chi connectivity index (χ1n) is 10.3. The molecule has 0 bridgehead atoms. The van der Waals surface area contributed by atoms with Crippen LogP contribution in [0, 0.1) is 0 Å². The molecule has 2 saturated heterocycles. The average molecular weight is 373 g/mol. The topological polar surface area (TPSA) is 51.9 Å². The molecule has 4 rings (SSSR count). The minimum Gasteiger partial charge on any atom is -0.351 e. The van der Waals surface area contributed by atoms with Crippen molar-refractivity contribution in [1.82, 2.24) is 20.9 Å². The molecule has 6 atom stereocenters. The molecule has 4 aliphatic rings. The summed E-state index contributed by atoms with van der Waals surface area (Å²) >= 11 is 0. The van der Waals surface area contributed by atoms with Crippen molar-refractivity contribution in [3.8, 4) is 0 Å². The van der Waals surface area contributed by atoms with E-state index in [4.69, 9.17) is 4.74 Å². The molecular weight excluding hydrogens is 338 g/mol. The first kappa shape index (κ1) is 19.0. The van der Waals surface area contributed by atoms with E-state index < -0.39 is 12.3 Å². The third-order valence-electron chi connectivity index (χ3n) is 6.57. The van der Waals surface area contributed by atoms with E-state index in [1.54, 1.807) is 0 Å². The number of piperazine rings is 1. The van der Waals surface area contributed by atoms with Crippen molar-refractivity contribution in [3.05, 3.63) is 0 Å². The van der Waals surface area contributed by atoms with Gasteiger partial charge in [0.1, 0.15) is 24.7 Å². The molecule has 0 aromatic rings. The maximum absolute atomic E-state index is 13.7. The van der Waals surface area contributed by atoms with Crippen LogP contribution in [0.25, 0.3) is 0 Å². The van der Waals surface area contributed by atoms with Crippen LogP contribution in [0.1, 0.15) is 51.9 Å². The van der Waals surface area contributed by atoms with Crippen molar-refractivity contribution in [1.29, 1.82) is 0 Å². The number of halogens is 2. The molecule has 2 saturated carbocycles. The largest absolute Gasteiger partial charge is 0.351 e. The maximum atomic E-state index is 13.7. The highest BCUT2D eigenvalue weighted by atomic mass is 19.1. The van der Waals surface area contributed by atoms with Crippen LogP contribution in [0.5, 0.6) is 0 Å². The summed E-state index contributed by atoms with van der Waals surface area (Å²) in [7, 11) is 2.10. The lowest BCUT2D eigenvalue weighted by molar-refractivity contribution is 0.0987. The summed E-state index contributed by atoms with van der Waals surface area (Å²) in [5.41, 5.74) is 0.214. The number of alkyl halides is 2. The highest BCUT2D eigenvalue weighted by Crippen LogP contribution is 2.34. The fraction of sp³-hybridized carbons (Fsp3) is 1.00. The van der Waals surface area contributed by atoms with Gasteiger partial charge < -0.3 is 9.64 Å². The van der Waals surface area contributed by atoms with Gasteiger partial charge in [-0.2, -0.15) is 0 Å². The van der Waals surface area contributed by atoms with Gasteiger partial charge in [0.15, 0.2) is 0 Å². The zero-order valence-corrected chi connectivity index (χ0v) is 16.0. The maximum Gasteiger partial charge on any atom is 0.137 e. The van der Waals surface area contributed by atoms with Crippen LogP contribution in [0.2, 0.25) is 0 Å². The summed E-state index contributed by atoms with van der Waals surface area (Å²) in [4.78, 5) is 2.28. The third-order valence-corrected chi connectivity index (χ3v) is 6.57. The summed E-state index contributed by atoms with van der Waals surface area (Å²) in [6.07, 6.45) is 4.21. The predicted octanol–water partition coefficient (Wildman–Crippen LogP) is 1.68. The van der Waals surface area contributed by atoms with Gasteiger partial charge in [0, 0.05) is 31.1 Å². The number of rotatable bonds is 5. The molecule has 7 heteroatoms. The second-order valence-corrected chi connectivity index (χ2v) is 9.25. The molecule has 0 amide bonds. The van der Waals surface area contributed by atoms with Crippen LogP contribution < -0.4 is 16.0 Å². The lowest BCUT2D eigenvalue weighted by Gasteiger charge is -2.40. The highest BCUT2D eigenvalue weighted by molar-refractivity contribution is 5.02.